The highest BCUT2D eigenvalue weighted by molar-refractivity contribution is 9.10. The van der Waals surface area contributed by atoms with E-state index in [0.717, 1.165) is 15.8 Å². The minimum Gasteiger partial charge on any atom is -0.386 e. The summed E-state index contributed by atoms with van der Waals surface area (Å²) < 4.78 is 1.38. The van der Waals surface area contributed by atoms with Gasteiger partial charge in [0.1, 0.15) is 10.4 Å². The van der Waals surface area contributed by atoms with E-state index < -0.39 is 6.10 Å². The molecule has 0 bridgehead atoms. The number of aliphatic hydroxyl groups is 1. The van der Waals surface area contributed by atoms with Crippen LogP contribution in [0.1, 0.15) is 30.7 Å². The fourth-order valence-electron chi connectivity index (χ4n) is 1.31. The Hall–Kier alpha value is -0.0800. The second kappa shape index (κ2) is 5.86. The topological polar surface area (TPSA) is 44.0 Å². The van der Waals surface area contributed by atoms with E-state index in [2.05, 4.69) is 22.0 Å². The fourth-order valence-corrected chi connectivity index (χ4v) is 3.10. The minimum atomic E-state index is -0.733. The third kappa shape index (κ3) is 3.18. The van der Waals surface area contributed by atoms with E-state index in [0.29, 0.717) is 10.8 Å². The molecule has 0 radical (unpaired) electrons. The van der Waals surface area contributed by atoms with Crippen LogP contribution in [0.3, 0.4) is 0 Å². The van der Waals surface area contributed by atoms with Gasteiger partial charge in [-0.25, -0.2) is 0 Å². The quantitative estimate of drug-likeness (QED) is 0.908. The van der Waals surface area contributed by atoms with Crippen LogP contribution in [0.15, 0.2) is 10.5 Å². The predicted octanol–water partition coefficient (Wildman–Crippen LogP) is 4.14. The standard InChI is InChI=1S/C10H11BrClNOS/c1-2-3-6(5-13)9(14)8-4-7(11)10(12)15-8/h4,6,9,14H,2-3H2,1H3. The Morgan fingerprint density at radius 1 is 1.73 bits per heavy atom. The SMILES string of the molecule is CCCC(C#N)C(O)c1cc(Br)c(Cl)s1. The zero-order valence-corrected chi connectivity index (χ0v) is 11.4. The van der Waals surface area contributed by atoms with Crippen LogP contribution in [0, 0.1) is 17.2 Å². The normalized spacial score (nSPS) is 14.6. The average Bonchev–Trinajstić information content (AvgIpc) is 2.55. The van der Waals surface area contributed by atoms with Crippen molar-refractivity contribution in [1.82, 2.24) is 0 Å². The molecule has 0 spiro atoms. The first-order valence-corrected chi connectivity index (χ1v) is 6.61. The van der Waals surface area contributed by atoms with Gasteiger partial charge in [-0.15, -0.1) is 11.3 Å². The second-order valence-corrected chi connectivity index (χ2v) is 5.78. The molecule has 0 amide bonds. The molecule has 0 fully saturated rings. The first kappa shape index (κ1) is 13.0. The lowest BCUT2D eigenvalue weighted by Crippen LogP contribution is -2.09. The van der Waals surface area contributed by atoms with E-state index in [-0.39, 0.29) is 5.92 Å². The van der Waals surface area contributed by atoms with Crippen molar-refractivity contribution in [3.63, 3.8) is 0 Å². The molecule has 1 aromatic rings. The maximum absolute atomic E-state index is 9.96. The minimum absolute atomic E-state index is 0.350. The van der Waals surface area contributed by atoms with Crippen molar-refractivity contribution in [2.24, 2.45) is 5.92 Å². The van der Waals surface area contributed by atoms with Gasteiger partial charge in [0.2, 0.25) is 0 Å². The second-order valence-electron chi connectivity index (χ2n) is 3.24. The third-order valence-corrected chi connectivity index (χ3v) is 4.65. The van der Waals surface area contributed by atoms with Crippen molar-refractivity contribution in [1.29, 1.82) is 5.26 Å². The number of halogens is 2. The molecule has 2 nitrogen and oxygen atoms in total. The molecule has 0 aliphatic rings. The van der Waals surface area contributed by atoms with Crippen molar-refractivity contribution in [3.8, 4) is 6.07 Å². The molecule has 0 saturated carbocycles. The van der Waals surface area contributed by atoms with Gasteiger partial charge in [0.15, 0.2) is 0 Å². The van der Waals surface area contributed by atoms with E-state index in [9.17, 15) is 5.11 Å². The van der Waals surface area contributed by atoms with Crippen LogP contribution in [0.4, 0.5) is 0 Å². The van der Waals surface area contributed by atoms with Gasteiger partial charge in [0.25, 0.3) is 0 Å². The molecule has 1 N–H and O–H groups in total. The number of thiophene rings is 1. The first-order chi connectivity index (χ1) is 7.10. The molecule has 0 saturated heterocycles. The van der Waals surface area contributed by atoms with Gasteiger partial charge in [-0.05, 0) is 28.4 Å². The molecular formula is C10H11BrClNOS. The van der Waals surface area contributed by atoms with Gasteiger partial charge in [-0.2, -0.15) is 5.26 Å². The molecule has 1 heterocycles. The molecule has 1 rings (SSSR count). The van der Waals surface area contributed by atoms with Crippen LogP contribution in [0.5, 0.6) is 0 Å². The number of hydrogen-bond acceptors (Lipinski definition) is 3. The summed E-state index contributed by atoms with van der Waals surface area (Å²) in [5.41, 5.74) is 0. The van der Waals surface area contributed by atoms with E-state index in [1.54, 1.807) is 6.07 Å². The highest BCUT2D eigenvalue weighted by Crippen LogP contribution is 2.38. The maximum atomic E-state index is 9.96. The Bertz CT molecular complexity index is 354. The Balaban J connectivity index is 2.83. The van der Waals surface area contributed by atoms with E-state index in [1.807, 2.05) is 6.92 Å². The van der Waals surface area contributed by atoms with Crippen LogP contribution >= 0.6 is 38.9 Å². The largest absolute Gasteiger partial charge is 0.386 e. The smallest absolute Gasteiger partial charge is 0.107 e. The molecule has 5 heteroatoms. The van der Waals surface area contributed by atoms with Crippen LogP contribution in [-0.2, 0) is 0 Å². The van der Waals surface area contributed by atoms with E-state index in [4.69, 9.17) is 16.9 Å². The van der Waals surface area contributed by atoms with Crippen LogP contribution in [0.25, 0.3) is 0 Å². The lowest BCUT2D eigenvalue weighted by atomic mass is 9.98. The molecule has 15 heavy (non-hydrogen) atoms. The van der Waals surface area contributed by atoms with E-state index >= 15 is 0 Å². The van der Waals surface area contributed by atoms with Crippen molar-refractivity contribution in [2.75, 3.05) is 0 Å². The highest BCUT2D eigenvalue weighted by atomic mass is 79.9. The zero-order chi connectivity index (χ0) is 11.4. The Morgan fingerprint density at radius 3 is 2.80 bits per heavy atom. The van der Waals surface area contributed by atoms with E-state index in [1.165, 1.54) is 11.3 Å². The number of rotatable bonds is 4. The summed E-state index contributed by atoms with van der Waals surface area (Å²) in [6.07, 6.45) is 0.851. The van der Waals surface area contributed by atoms with Crippen molar-refractivity contribution in [2.45, 2.75) is 25.9 Å². The molecule has 0 aliphatic heterocycles. The summed E-state index contributed by atoms with van der Waals surface area (Å²) in [6.45, 7) is 1.99. The summed E-state index contributed by atoms with van der Waals surface area (Å²) >= 11 is 10.5. The van der Waals surface area contributed by atoms with Gasteiger partial charge in [-0.3, -0.25) is 0 Å². The monoisotopic (exact) mass is 307 g/mol. The predicted molar refractivity (Wildman–Crippen MR) is 66.0 cm³/mol. The first-order valence-electron chi connectivity index (χ1n) is 4.62. The molecule has 82 valence electrons. The van der Waals surface area contributed by atoms with Gasteiger partial charge in [0, 0.05) is 9.35 Å². The van der Waals surface area contributed by atoms with Crippen LogP contribution in [-0.4, -0.2) is 5.11 Å². The van der Waals surface area contributed by atoms with Crippen molar-refractivity contribution in [3.05, 3.63) is 19.8 Å². The Kier molecular flexibility index (Phi) is 5.07. The summed E-state index contributed by atoms with van der Waals surface area (Å²) in [7, 11) is 0. The Morgan fingerprint density at radius 2 is 2.40 bits per heavy atom. The summed E-state index contributed by atoms with van der Waals surface area (Å²) in [4.78, 5) is 0.742. The number of hydrogen-bond donors (Lipinski definition) is 1. The van der Waals surface area contributed by atoms with Crippen molar-refractivity contribution >= 4 is 38.9 Å². The Labute approximate surface area is 107 Å². The van der Waals surface area contributed by atoms with Gasteiger partial charge >= 0.3 is 0 Å². The van der Waals surface area contributed by atoms with Crippen LogP contribution in [0.2, 0.25) is 4.34 Å². The average molecular weight is 309 g/mol. The molecule has 2 unspecified atom stereocenters. The molecule has 0 aromatic carbocycles. The lowest BCUT2D eigenvalue weighted by Gasteiger charge is -2.13. The van der Waals surface area contributed by atoms with Crippen LogP contribution < -0.4 is 0 Å². The molecule has 0 aliphatic carbocycles. The summed E-state index contributed by atoms with van der Waals surface area (Å²) in [5, 5.41) is 18.9. The molecule has 2 atom stereocenters. The number of nitrogens with zero attached hydrogens (tertiary/aromatic N) is 1. The van der Waals surface area contributed by atoms with Gasteiger partial charge in [-0.1, -0.05) is 24.9 Å². The number of aliphatic hydroxyl groups excluding tert-OH is 1. The highest BCUT2D eigenvalue weighted by Gasteiger charge is 2.22. The lowest BCUT2D eigenvalue weighted by molar-refractivity contribution is 0.133. The summed E-state index contributed by atoms with van der Waals surface area (Å²) in [6, 6.07) is 3.90. The van der Waals surface area contributed by atoms with Gasteiger partial charge in [0.05, 0.1) is 12.0 Å². The number of nitriles is 1. The van der Waals surface area contributed by atoms with Crippen molar-refractivity contribution < 1.29 is 5.11 Å². The zero-order valence-electron chi connectivity index (χ0n) is 8.20. The molecular weight excluding hydrogens is 298 g/mol. The maximum Gasteiger partial charge on any atom is 0.107 e. The molecule has 1 aromatic heterocycles. The van der Waals surface area contributed by atoms with Gasteiger partial charge < -0.3 is 5.11 Å². The fraction of sp³-hybridized carbons (Fsp3) is 0.500. The summed E-state index contributed by atoms with van der Waals surface area (Å²) in [5.74, 6) is -0.350. The third-order valence-electron chi connectivity index (χ3n) is 2.10.